The van der Waals surface area contributed by atoms with Crippen molar-refractivity contribution in [2.45, 2.75) is 26.7 Å². The molecule has 0 saturated carbocycles. The molecule has 1 aromatic rings. The Morgan fingerprint density at radius 2 is 2.00 bits per heavy atom. The van der Waals surface area contributed by atoms with Crippen LogP contribution in [0.1, 0.15) is 25.8 Å². The zero-order valence-electron chi connectivity index (χ0n) is 9.21. The normalized spacial score (nSPS) is 8.50. The molecule has 0 aromatic heterocycles. The summed E-state index contributed by atoms with van der Waals surface area (Å²) in [4.78, 5) is 9.17. The molecular weight excluding hydrogens is 174 g/mol. The fourth-order valence-corrected chi connectivity index (χ4v) is 0.947. The van der Waals surface area contributed by atoms with Crippen LogP contribution in [-0.2, 0) is 11.2 Å². The van der Waals surface area contributed by atoms with E-state index >= 15 is 0 Å². The highest BCUT2D eigenvalue weighted by Crippen LogP contribution is 2.09. The second kappa shape index (κ2) is 8.30. The van der Waals surface area contributed by atoms with Gasteiger partial charge < -0.3 is 10.1 Å². The fraction of sp³-hybridized carbons (Fsp3) is 0.417. The number of carbonyl (C=O) groups excluding carboxylic acids is 1. The third-order valence-corrected chi connectivity index (χ3v) is 1.79. The summed E-state index contributed by atoms with van der Waals surface area (Å²) in [5, 5.41) is 3.10. The number of benzene rings is 1. The Labute approximate surface area is 86.3 Å². The van der Waals surface area contributed by atoms with Gasteiger partial charge in [-0.2, -0.15) is 0 Å². The average Bonchev–Trinajstić information content (AvgIpc) is 2.29. The van der Waals surface area contributed by atoms with Crippen LogP contribution in [0.4, 0.5) is 5.69 Å². The van der Waals surface area contributed by atoms with Crippen LogP contribution in [0.3, 0.4) is 0 Å². The van der Waals surface area contributed by atoms with Gasteiger partial charge in [0.25, 0.3) is 0 Å². The monoisotopic (exact) mass is 193 g/mol. The number of carbonyl (C=O) groups is 1. The van der Waals surface area contributed by atoms with E-state index < -0.39 is 0 Å². The highest BCUT2D eigenvalue weighted by molar-refractivity contribution is 5.48. The number of anilines is 1. The first-order valence-electron chi connectivity index (χ1n) is 4.98. The lowest BCUT2D eigenvalue weighted by Gasteiger charge is -2.00. The Kier molecular flexibility index (Phi) is 7.52. The zero-order valence-corrected chi connectivity index (χ0v) is 9.21. The standard InChI is InChI=1S/C9H13N.C3H6O/c1-3-8-5-4-6-9(7-8)10-2;1-2-3-4/h4-7,10H,3H2,1-2H3;3H,2H2,1H3. The van der Waals surface area contributed by atoms with Gasteiger partial charge in [0, 0.05) is 19.2 Å². The summed E-state index contributed by atoms with van der Waals surface area (Å²) in [5.74, 6) is 0. The fourth-order valence-electron chi connectivity index (χ4n) is 0.947. The lowest BCUT2D eigenvalue weighted by atomic mass is 10.1. The van der Waals surface area contributed by atoms with Crippen molar-refractivity contribution in [2.75, 3.05) is 12.4 Å². The minimum atomic E-state index is 0.639. The zero-order chi connectivity index (χ0) is 10.8. The Balaban J connectivity index is 0.000000364. The number of nitrogens with one attached hydrogen (secondary N) is 1. The van der Waals surface area contributed by atoms with E-state index in [9.17, 15) is 4.79 Å². The quantitative estimate of drug-likeness (QED) is 0.748. The second-order valence-corrected chi connectivity index (χ2v) is 2.88. The van der Waals surface area contributed by atoms with Crippen LogP contribution in [0.2, 0.25) is 0 Å². The molecule has 0 heterocycles. The van der Waals surface area contributed by atoms with Crippen molar-refractivity contribution in [3.8, 4) is 0 Å². The van der Waals surface area contributed by atoms with Crippen molar-refractivity contribution in [1.82, 2.24) is 0 Å². The van der Waals surface area contributed by atoms with Gasteiger partial charge in [-0.25, -0.2) is 0 Å². The average molecular weight is 193 g/mol. The molecule has 0 radical (unpaired) electrons. The van der Waals surface area contributed by atoms with E-state index in [4.69, 9.17) is 0 Å². The van der Waals surface area contributed by atoms with Crippen molar-refractivity contribution in [3.63, 3.8) is 0 Å². The van der Waals surface area contributed by atoms with Crippen LogP contribution in [0.5, 0.6) is 0 Å². The topological polar surface area (TPSA) is 29.1 Å². The van der Waals surface area contributed by atoms with Crippen LogP contribution in [0, 0.1) is 0 Å². The lowest BCUT2D eigenvalue weighted by molar-refractivity contribution is -0.107. The van der Waals surface area contributed by atoms with Crippen molar-refractivity contribution in [2.24, 2.45) is 0 Å². The van der Waals surface area contributed by atoms with Crippen molar-refractivity contribution in [1.29, 1.82) is 0 Å². The molecule has 0 amide bonds. The maximum atomic E-state index is 9.17. The van der Waals surface area contributed by atoms with Crippen molar-refractivity contribution >= 4 is 12.0 Å². The molecule has 0 atom stereocenters. The number of hydrogen-bond donors (Lipinski definition) is 1. The van der Waals surface area contributed by atoms with Crippen LogP contribution in [0.15, 0.2) is 24.3 Å². The molecule has 0 unspecified atom stereocenters. The third-order valence-electron chi connectivity index (χ3n) is 1.79. The summed E-state index contributed by atoms with van der Waals surface area (Å²) in [6.07, 6.45) is 2.62. The molecule has 0 spiro atoms. The molecule has 2 nitrogen and oxygen atoms in total. The van der Waals surface area contributed by atoms with Gasteiger partial charge in [-0.3, -0.25) is 0 Å². The van der Waals surface area contributed by atoms with Crippen molar-refractivity contribution in [3.05, 3.63) is 29.8 Å². The van der Waals surface area contributed by atoms with Crippen LogP contribution < -0.4 is 5.32 Å². The van der Waals surface area contributed by atoms with Crippen LogP contribution in [0.25, 0.3) is 0 Å². The number of rotatable bonds is 3. The van der Waals surface area contributed by atoms with Gasteiger partial charge in [0.15, 0.2) is 0 Å². The van der Waals surface area contributed by atoms with Gasteiger partial charge in [0.05, 0.1) is 0 Å². The minimum absolute atomic E-state index is 0.639. The summed E-state index contributed by atoms with van der Waals surface area (Å²) in [6, 6.07) is 8.45. The predicted molar refractivity (Wildman–Crippen MR) is 61.7 cm³/mol. The maximum Gasteiger partial charge on any atom is 0.119 e. The van der Waals surface area contributed by atoms with E-state index in [1.807, 2.05) is 14.0 Å². The Morgan fingerprint density at radius 1 is 1.36 bits per heavy atom. The molecule has 1 aromatic carbocycles. The third kappa shape index (κ3) is 5.36. The van der Waals surface area contributed by atoms with Crippen molar-refractivity contribution < 1.29 is 4.79 Å². The first-order chi connectivity index (χ1) is 6.78. The first kappa shape index (κ1) is 12.7. The highest BCUT2D eigenvalue weighted by atomic mass is 16.1. The van der Waals surface area contributed by atoms with Gasteiger partial charge in [-0.05, 0) is 24.1 Å². The summed E-state index contributed by atoms with van der Waals surface area (Å²) in [7, 11) is 1.94. The van der Waals surface area contributed by atoms with Gasteiger partial charge in [0.2, 0.25) is 0 Å². The number of aryl methyl sites for hydroxylation is 1. The van der Waals surface area contributed by atoms with E-state index in [1.54, 1.807) is 0 Å². The molecule has 0 fully saturated rings. The maximum absolute atomic E-state index is 9.17. The van der Waals surface area contributed by atoms with E-state index in [-0.39, 0.29) is 0 Å². The molecule has 0 saturated heterocycles. The van der Waals surface area contributed by atoms with Gasteiger partial charge in [-0.15, -0.1) is 0 Å². The Bertz CT molecular complexity index is 239. The Morgan fingerprint density at radius 3 is 2.43 bits per heavy atom. The molecule has 2 heteroatoms. The van der Waals surface area contributed by atoms with E-state index in [0.717, 1.165) is 12.7 Å². The molecule has 14 heavy (non-hydrogen) atoms. The van der Waals surface area contributed by atoms with Crippen LogP contribution >= 0.6 is 0 Å². The molecule has 1 rings (SSSR count). The summed E-state index contributed by atoms with van der Waals surface area (Å²) >= 11 is 0. The summed E-state index contributed by atoms with van der Waals surface area (Å²) in [5.41, 5.74) is 2.58. The highest BCUT2D eigenvalue weighted by Gasteiger charge is 1.88. The molecule has 0 aliphatic heterocycles. The second-order valence-electron chi connectivity index (χ2n) is 2.88. The van der Waals surface area contributed by atoms with Crippen LogP contribution in [-0.4, -0.2) is 13.3 Å². The van der Waals surface area contributed by atoms with E-state index in [1.165, 1.54) is 11.3 Å². The molecule has 0 aliphatic rings. The summed E-state index contributed by atoms with van der Waals surface area (Å²) < 4.78 is 0. The lowest BCUT2D eigenvalue weighted by Crippen LogP contribution is -1.88. The summed E-state index contributed by atoms with van der Waals surface area (Å²) in [6.45, 7) is 3.97. The molecule has 1 N–H and O–H groups in total. The van der Waals surface area contributed by atoms with Gasteiger partial charge >= 0.3 is 0 Å². The van der Waals surface area contributed by atoms with E-state index in [0.29, 0.717) is 6.42 Å². The Hall–Kier alpha value is -1.31. The molecule has 78 valence electrons. The largest absolute Gasteiger partial charge is 0.388 e. The van der Waals surface area contributed by atoms with Gasteiger partial charge in [-0.1, -0.05) is 26.0 Å². The predicted octanol–water partition coefficient (Wildman–Crippen LogP) is 2.89. The van der Waals surface area contributed by atoms with Gasteiger partial charge in [0.1, 0.15) is 6.29 Å². The molecular formula is C12H19NO. The SMILES string of the molecule is CCC=O.CCc1cccc(NC)c1. The smallest absolute Gasteiger partial charge is 0.119 e. The molecule has 0 aliphatic carbocycles. The number of hydrogen-bond acceptors (Lipinski definition) is 2. The minimum Gasteiger partial charge on any atom is -0.388 e. The first-order valence-corrected chi connectivity index (χ1v) is 4.98. The number of aldehydes is 1. The molecule has 0 bridgehead atoms. The van der Waals surface area contributed by atoms with E-state index in [2.05, 4.69) is 36.5 Å².